The Bertz CT molecular complexity index is 1030. The second-order valence-electron chi connectivity index (χ2n) is 8.17. The van der Waals surface area contributed by atoms with Crippen molar-refractivity contribution < 1.29 is 14.4 Å². The van der Waals surface area contributed by atoms with Crippen LogP contribution in [0.3, 0.4) is 0 Å². The fraction of sp³-hybridized carbons (Fsp3) is 0.348. The first-order valence-electron chi connectivity index (χ1n) is 10.1. The number of hydrogen-bond donors (Lipinski definition) is 2. The lowest BCUT2D eigenvalue weighted by atomic mass is 9.78. The third-order valence-corrected chi connectivity index (χ3v) is 6.63. The monoisotopic (exact) mass is 389 g/mol. The minimum absolute atomic E-state index is 0.0526. The van der Waals surface area contributed by atoms with Gasteiger partial charge in [-0.2, -0.15) is 0 Å². The summed E-state index contributed by atoms with van der Waals surface area (Å²) >= 11 is 0. The minimum atomic E-state index is -0.958. The van der Waals surface area contributed by atoms with Crippen molar-refractivity contribution in [2.75, 3.05) is 17.2 Å². The Morgan fingerprint density at radius 3 is 2.83 bits per heavy atom. The Hall–Kier alpha value is -2.99. The fourth-order valence-corrected chi connectivity index (χ4v) is 5.43. The first-order chi connectivity index (χ1) is 14.0. The smallest absolute Gasteiger partial charge is 0.250 e. The van der Waals surface area contributed by atoms with Crippen molar-refractivity contribution in [1.29, 1.82) is 0 Å². The van der Waals surface area contributed by atoms with Gasteiger partial charge in [-0.1, -0.05) is 30.3 Å². The van der Waals surface area contributed by atoms with Gasteiger partial charge in [-0.15, -0.1) is 0 Å². The summed E-state index contributed by atoms with van der Waals surface area (Å²) in [7, 11) is 0. The number of nitrogens with one attached hydrogen (secondary N) is 2. The molecule has 0 aliphatic carbocycles. The molecule has 3 aliphatic rings. The van der Waals surface area contributed by atoms with E-state index in [2.05, 4.69) is 15.5 Å². The Morgan fingerprint density at radius 2 is 2.00 bits per heavy atom. The molecule has 0 saturated carbocycles. The van der Waals surface area contributed by atoms with Crippen molar-refractivity contribution in [3.8, 4) is 0 Å². The van der Waals surface area contributed by atoms with Crippen LogP contribution in [0.15, 0.2) is 48.5 Å². The van der Waals surface area contributed by atoms with E-state index >= 15 is 0 Å². The van der Waals surface area contributed by atoms with Gasteiger partial charge >= 0.3 is 0 Å². The normalized spacial score (nSPS) is 27.6. The first kappa shape index (κ1) is 18.1. The number of hydrogen-bond acceptors (Lipinski definition) is 4. The lowest BCUT2D eigenvalue weighted by molar-refractivity contribution is -0.135. The topological polar surface area (TPSA) is 78.5 Å². The number of amides is 2. The van der Waals surface area contributed by atoms with Crippen molar-refractivity contribution in [2.45, 2.75) is 37.8 Å². The molecule has 3 aliphatic heterocycles. The molecule has 0 aromatic heterocycles. The Kier molecular flexibility index (Phi) is 4.06. The molecule has 1 spiro atoms. The minimum Gasteiger partial charge on any atom is -0.326 e. The van der Waals surface area contributed by atoms with E-state index in [1.165, 1.54) is 6.92 Å². The molecular formula is C23H23N3O3. The summed E-state index contributed by atoms with van der Waals surface area (Å²) in [6.07, 6.45) is 2.69. The summed E-state index contributed by atoms with van der Waals surface area (Å²) in [5.74, 6) is -0.826. The van der Waals surface area contributed by atoms with Crippen LogP contribution < -0.4 is 10.6 Å². The van der Waals surface area contributed by atoms with E-state index in [-0.39, 0.29) is 23.6 Å². The zero-order valence-electron chi connectivity index (χ0n) is 16.3. The quantitative estimate of drug-likeness (QED) is 0.791. The zero-order valence-corrected chi connectivity index (χ0v) is 16.3. The van der Waals surface area contributed by atoms with E-state index < -0.39 is 11.5 Å². The van der Waals surface area contributed by atoms with Gasteiger partial charge < -0.3 is 10.6 Å². The molecule has 2 N–H and O–H groups in total. The number of nitrogens with zero attached hydrogens (tertiary/aromatic N) is 1. The van der Waals surface area contributed by atoms with Crippen molar-refractivity contribution in [3.05, 3.63) is 59.7 Å². The molecule has 0 unspecified atom stereocenters. The fourth-order valence-electron chi connectivity index (χ4n) is 5.43. The SMILES string of the molecule is CC(=O)c1cccc(NC(=O)[C@@H]2C[C@H]3CCCN3[C@]23C(=O)Nc2ccccc23)c1. The van der Waals surface area contributed by atoms with Gasteiger partial charge in [0.2, 0.25) is 11.8 Å². The Morgan fingerprint density at radius 1 is 1.17 bits per heavy atom. The van der Waals surface area contributed by atoms with E-state index in [1.807, 2.05) is 24.3 Å². The van der Waals surface area contributed by atoms with Crippen molar-refractivity contribution in [2.24, 2.45) is 5.92 Å². The van der Waals surface area contributed by atoms with Crippen LogP contribution in [-0.4, -0.2) is 35.1 Å². The van der Waals surface area contributed by atoms with Crippen LogP contribution in [0.5, 0.6) is 0 Å². The summed E-state index contributed by atoms with van der Waals surface area (Å²) < 4.78 is 0. The number of rotatable bonds is 3. The summed E-state index contributed by atoms with van der Waals surface area (Å²) in [5.41, 5.74) is 1.86. The van der Waals surface area contributed by atoms with Crippen LogP contribution in [0.4, 0.5) is 11.4 Å². The summed E-state index contributed by atoms with van der Waals surface area (Å²) in [6, 6.07) is 14.9. The largest absolute Gasteiger partial charge is 0.326 e. The molecule has 0 bridgehead atoms. The van der Waals surface area contributed by atoms with Gasteiger partial charge in [0.15, 0.2) is 5.78 Å². The molecule has 2 fully saturated rings. The Labute approximate surface area is 169 Å². The van der Waals surface area contributed by atoms with Gasteiger partial charge in [0.05, 0.1) is 5.92 Å². The van der Waals surface area contributed by atoms with Crippen molar-refractivity contribution in [3.63, 3.8) is 0 Å². The molecule has 3 heterocycles. The molecule has 29 heavy (non-hydrogen) atoms. The van der Waals surface area contributed by atoms with E-state index in [9.17, 15) is 14.4 Å². The van der Waals surface area contributed by atoms with Gasteiger partial charge in [-0.25, -0.2) is 0 Å². The van der Waals surface area contributed by atoms with Crippen LogP contribution in [0.2, 0.25) is 0 Å². The standard InChI is InChI=1S/C23H23N3O3/c1-14(27)15-6-4-7-16(12-15)24-21(28)19-13-17-8-5-11-26(17)23(19)18-9-2-3-10-20(18)25-22(23)29/h2-4,6-7,9-10,12,17,19H,5,8,11,13H2,1H3,(H,24,28)(H,25,29)/t17-,19+,23+/m1/s1. The van der Waals surface area contributed by atoms with Crippen LogP contribution in [0.25, 0.3) is 0 Å². The van der Waals surface area contributed by atoms with Crippen LogP contribution in [0.1, 0.15) is 42.1 Å². The molecule has 148 valence electrons. The predicted octanol–water partition coefficient (Wildman–Crippen LogP) is 3.16. The lowest BCUT2D eigenvalue weighted by Crippen LogP contribution is -2.53. The number of carbonyl (C=O) groups excluding carboxylic acids is 3. The molecule has 2 saturated heterocycles. The zero-order chi connectivity index (χ0) is 20.2. The van der Waals surface area contributed by atoms with E-state index in [0.29, 0.717) is 17.7 Å². The summed E-state index contributed by atoms with van der Waals surface area (Å²) in [4.78, 5) is 40.7. The highest BCUT2D eigenvalue weighted by Gasteiger charge is 2.65. The predicted molar refractivity (Wildman–Crippen MR) is 110 cm³/mol. The first-order valence-corrected chi connectivity index (χ1v) is 10.1. The molecule has 3 atom stereocenters. The van der Waals surface area contributed by atoms with E-state index in [0.717, 1.165) is 30.6 Å². The van der Waals surface area contributed by atoms with E-state index in [4.69, 9.17) is 0 Å². The molecule has 2 amide bonds. The lowest BCUT2D eigenvalue weighted by Gasteiger charge is -2.36. The highest BCUT2D eigenvalue weighted by Crippen LogP contribution is 2.55. The molecule has 2 aromatic carbocycles. The van der Waals surface area contributed by atoms with Gasteiger partial charge in [-0.3, -0.25) is 19.3 Å². The highest BCUT2D eigenvalue weighted by atomic mass is 16.2. The molecule has 6 nitrogen and oxygen atoms in total. The van der Waals surface area contributed by atoms with Crippen LogP contribution in [0, 0.1) is 5.92 Å². The average molecular weight is 389 g/mol. The van der Waals surface area contributed by atoms with Gasteiger partial charge in [0.25, 0.3) is 0 Å². The molecule has 5 rings (SSSR count). The number of fused-ring (bicyclic) bond motifs is 4. The number of carbonyl (C=O) groups is 3. The van der Waals surface area contributed by atoms with Crippen LogP contribution in [-0.2, 0) is 15.1 Å². The number of ketones is 1. The molecular weight excluding hydrogens is 366 g/mol. The number of anilines is 2. The van der Waals surface area contributed by atoms with Crippen molar-refractivity contribution in [1.82, 2.24) is 4.90 Å². The summed E-state index contributed by atoms with van der Waals surface area (Å²) in [5, 5.41) is 5.98. The number of Topliss-reactive ketones (excluding diaryl/α,β-unsaturated/α-hetero) is 1. The van der Waals surface area contributed by atoms with Gasteiger partial charge in [0, 0.05) is 28.5 Å². The van der Waals surface area contributed by atoms with Crippen LogP contribution >= 0.6 is 0 Å². The van der Waals surface area contributed by atoms with Gasteiger partial charge in [0.1, 0.15) is 5.54 Å². The van der Waals surface area contributed by atoms with Gasteiger partial charge in [-0.05, 0) is 50.9 Å². The number of benzene rings is 2. The second kappa shape index (κ2) is 6.52. The third kappa shape index (κ3) is 2.55. The maximum atomic E-state index is 13.4. The molecule has 2 aromatic rings. The highest BCUT2D eigenvalue weighted by molar-refractivity contribution is 6.10. The molecule has 6 heteroatoms. The van der Waals surface area contributed by atoms with E-state index in [1.54, 1.807) is 24.3 Å². The maximum absolute atomic E-state index is 13.4. The third-order valence-electron chi connectivity index (χ3n) is 6.63. The Balaban J connectivity index is 1.54. The maximum Gasteiger partial charge on any atom is 0.250 e. The average Bonchev–Trinajstić information content (AvgIpc) is 3.36. The molecule has 0 radical (unpaired) electrons. The second-order valence-corrected chi connectivity index (χ2v) is 8.17. The number of para-hydroxylation sites is 1. The summed E-state index contributed by atoms with van der Waals surface area (Å²) in [6.45, 7) is 2.32. The van der Waals surface area contributed by atoms with Crippen molar-refractivity contribution >= 4 is 29.0 Å².